The van der Waals surface area contributed by atoms with Crippen molar-refractivity contribution in [3.05, 3.63) is 17.0 Å². The Balaban J connectivity index is 2.55. The number of nitrogens with zero attached hydrogens (tertiary/aromatic N) is 3. The normalized spacial score (nSPS) is 15.3. The minimum absolute atomic E-state index is 0.147. The van der Waals surface area contributed by atoms with Gasteiger partial charge in [0, 0.05) is 18.7 Å². The molecule has 0 fully saturated rings. The highest BCUT2D eigenvalue weighted by molar-refractivity contribution is 7.98. The van der Waals surface area contributed by atoms with Crippen molar-refractivity contribution in [2.45, 2.75) is 18.2 Å². The van der Waals surface area contributed by atoms with Gasteiger partial charge >= 0.3 is 5.97 Å². The zero-order valence-corrected chi connectivity index (χ0v) is 9.34. The van der Waals surface area contributed by atoms with Crippen molar-refractivity contribution in [1.82, 2.24) is 14.9 Å². The highest BCUT2D eigenvalue weighted by Gasteiger charge is 2.25. The molecule has 2 rings (SSSR count). The number of hydrogen-bond acceptors (Lipinski definition) is 5. The summed E-state index contributed by atoms with van der Waals surface area (Å²) in [4.78, 5) is 21.4. The number of aromatic nitrogens is 2. The summed E-state index contributed by atoms with van der Waals surface area (Å²) in [5.41, 5.74) is 1.74. The largest absolute Gasteiger partial charge is 0.476 e. The molecule has 0 atom stereocenters. The topological polar surface area (TPSA) is 66.3 Å². The van der Waals surface area contributed by atoms with Crippen LogP contribution < -0.4 is 0 Å². The summed E-state index contributed by atoms with van der Waals surface area (Å²) in [6, 6.07) is 0. The van der Waals surface area contributed by atoms with E-state index in [4.69, 9.17) is 5.11 Å². The molecule has 1 aromatic heterocycles. The van der Waals surface area contributed by atoms with Crippen LogP contribution in [0.3, 0.4) is 0 Å². The van der Waals surface area contributed by atoms with Crippen molar-refractivity contribution < 1.29 is 9.90 Å². The Morgan fingerprint density at radius 3 is 2.80 bits per heavy atom. The van der Waals surface area contributed by atoms with Gasteiger partial charge in [-0.1, -0.05) is 11.8 Å². The molecule has 5 nitrogen and oxygen atoms in total. The lowest BCUT2D eigenvalue weighted by Crippen LogP contribution is -2.10. The van der Waals surface area contributed by atoms with Crippen LogP contribution in [-0.2, 0) is 13.1 Å². The van der Waals surface area contributed by atoms with Gasteiger partial charge in [0.05, 0.1) is 5.69 Å². The van der Waals surface area contributed by atoms with E-state index in [0.29, 0.717) is 18.2 Å². The smallest absolute Gasteiger partial charge is 0.355 e. The first kappa shape index (κ1) is 10.4. The zero-order chi connectivity index (χ0) is 11.0. The van der Waals surface area contributed by atoms with Crippen molar-refractivity contribution in [2.24, 2.45) is 0 Å². The number of carboxylic acid groups (broad SMARTS) is 1. The van der Waals surface area contributed by atoms with E-state index in [1.807, 2.05) is 18.2 Å². The summed E-state index contributed by atoms with van der Waals surface area (Å²) >= 11 is 1.36. The van der Waals surface area contributed by atoms with Crippen LogP contribution in [0.5, 0.6) is 0 Å². The summed E-state index contributed by atoms with van der Waals surface area (Å²) in [6.07, 6.45) is 1.84. The van der Waals surface area contributed by atoms with E-state index in [-0.39, 0.29) is 5.69 Å². The third-order valence-corrected chi connectivity index (χ3v) is 2.85. The number of carboxylic acids is 1. The van der Waals surface area contributed by atoms with Gasteiger partial charge in [0.15, 0.2) is 10.9 Å². The monoisotopic (exact) mass is 225 g/mol. The molecule has 1 aliphatic rings. The maximum absolute atomic E-state index is 11.0. The summed E-state index contributed by atoms with van der Waals surface area (Å²) in [7, 11) is 1.94. The summed E-state index contributed by atoms with van der Waals surface area (Å²) < 4.78 is 0. The summed E-state index contributed by atoms with van der Waals surface area (Å²) in [5, 5.41) is 9.57. The first-order valence-corrected chi connectivity index (χ1v) is 5.70. The van der Waals surface area contributed by atoms with Crippen LogP contribution in [0.4, 0.5) is 0 Å². The molecule has 0 saturated heterocycles. The second-order valence-electron chi connectivity index (χ2n) is 3.46. The Morgan fingerprint density at radius 2 is 2.20 bits per heavy atom. The van der Waals surface area contributed by atoms with E-state index in [2.05, 4.69) is 9.97 Å². The molecule has 1 N–H and O–H groups in total. The van der Waals surface area contributed by atoms with E-state index in [9.17, 15) is 4.79 Å². The van der Waals surface area contributed by atoms with Gasteiger partial charge < -0.3 is 5.11 Å². The fourth-order valence-corrected chi connectivity index (χ4v) is 2.04. The number of carbonyl (C=O) groups is 1. The van der Waals surface area contributed by atoms with Crippen LogP contribution in [0.15, 0.2) is 5.16 Å². The lowest BCUT2D eigenvalue weighted by atomic mass is 10.2. The van der Waals surface area contributed by atoms with Crippen LogP contribution >= 0.6 is 11.8 Å². The van der Waals surface area contributed by atoms with Gasteiger partial charge in [-0.15, -0.1) is 0 Å². The second-order valence-corrected chi connectivity index (χ2v) is 4.23. The van der Waals surface area contributed by atoms with Gasteiger partial charge in [-0.25, -0.2) is 14.8 Å². The maximum atomic E-state index is 11.0. The van der Waals surface area contributed by atoms with Crippen LogP contribution in [0.1, 0.15) is 21.7 Å². The number of thioether (sulfide) groups is 1. The molecule has 0 aromatic carbocycles. The van der Waals surface area contributed by atoms with Gasteiger partial charge in [0.1, 0.15) is 0 Å². The van der Waals surface area contributed by atoms with Crippen LogP contribution in [-0.4, -0.2) is 39.2 Å². The number of rotatable bonds is 2. The fourth-order valence-electron chi connectivity index (χ4n) is 1.65. The number of hydrogen-bond donors (Lipinski definition) is 1. The lowest BCUT2D eigenvalue weighted by molar-refractivity contribution is 0.0687. The predicted octanol–water partition coefficient (Wildman–Crippen LogP) is 0.842. The second kappa shape index (κ2) is 3.79. The molecule has 15 heavy (non-hydrogen) atoms. The molecule has 6 heteroatoms. The molecule has 0 spiro atoms. The minimum atomic E-state index is -0.973. The van der Waals surface area contributed by atoms with Gasteiger partial charge in [-0.3, -0.25) is 4.90 Å². The molecule has 0 unspecified atom stereocenters. The lowest BCUT2D eigenvalue weighted by Gasteiger charge is -2.04. The molecule has 1 aromatic rings. The third kappa shape index (κ3) is 1.82. The Kier molecular flexibility index (Phi) is 2.62. The quantitative estimate of drug-likeness (QED) is 0.594. The summed E-state index contributed by atoms with van der Waals surface area (Å²) in [5.74, 6) is -0.973. The van der Waals surface area contributed by atoms with E-state index < -0.39 is 5.97 Å². The van der Waals surface area contributed by atoms with Crippen LogP contribution in [0, 0.1) is 0 Å². The van der Waals surface area contributed by atoms with Gasteiger partial charge in [-0.2, -0.15) is 0 Å². The highest BCUT2D eigenvalue weighted by atomic mass is 32.2. The average molecular weight is 225 g/mol. The first-order chi connectivity index (χ1) is 7.11. The predicted molar refractivity (Wildman–Crippen MR) is 55.9 cm³/mol. The molecular weight excluding hydrogens is 214 g/mol. The van der Waals surface area contributed by atoms with E-state index in [1.165, 1.54) is 11.8 Å². The van der Waals surface area contributed by atoms with Crippen LogP contribution in [0.25, 0.3) is 0 Å². The third-order valence-electron chi connectivity index (χ3n) is 2.31. The van der Waals surface area contributed by atoms with Gasteiger partial charge in [-0.05, 0) is 13.3 Å². The Morgan fingerprint density at radius 1 is 1.47 bits per heavy atom. The Bertz CT molecular complexity index is 422. The SMILES string of the molecule is CSc1nc2c(c(C(=O)O)n1)CN(C)C2. The van der Waals surface area contributed by atoms with E-state index in [1.54, 1.807) is 0 Å². The van der Waals surface area contributed by atoms with Crippen LogP contribution in [0.2, 0.25) is 0 Å². The van der Waals surface area contributed by atoms with E-state index in [0.717, 1.165) is 11.3 Å². The Labute approximate surface area is 91.5 Å². The fraction of sp³-hybridized carbons (Fsp3) is 0.444. The minimum Gasteiger partial charge on any atom is -0.476 e. The van der Waals surface area contributed by atoms with Gasteiger partial charge in [0.2, 0.25) is 0 Å². The van der Waals surface area contributed by atoms with Crippen molar-refractivity contribution in [3.63, 3.8) is 0 Å². The molecule has 2 heterocycles. The zero-order valence-electron chi connectivity index (χ0n) is 8.52. The number of fused-ring (bicyclic) bond motifs is 1. The maximum Gasteiger partial charge on any atom is 0.355 e. The molecule has 1 aliphatic heterocycles. The van der Waals surface area contributed by atoms with Crippen molar-refractivity contribution in [2.75, 3.05) is 13.3 Å². The molecule has 80 valence electrons. The molecule has 0 saturated carbocycles. The molecule has 0 radical (unpaired) electrons. The first-order valence-electron chi connectivity index (χ1n) is 4.47. The molecule has 0 amide bonds. The van der Waals surface area contributed by atoms with Crippen molar-refractivity contribution in [3.8, 4) is 0 Å². The average Bonchev–Trinajstić information content (AvgIpc) is 2.55. The highest BCUT2D eigenvalue weighted by Crippen LogP contribution is 2.24. The molecular formula is C9H11N3O2S. The van der Waals surface area contributed by atoms with Crippen molar-refractivity contribution in [1.29, 1.82) is 0 Å². The summed E-state index contributed by atoms with van der Waals surface area (Å²) in [6.45, 7) is 1.32. The Hall–Kier alpha value is -1.14. The number of aromatic carboxylic acids is 1. The molecule has 0 aliphatic carbocycles. The van der Waals surface area contributed by atoms with Crippen molar-refractivity contribution >= 4 is 17.7 Å². The van der Waals surface area contributed by atoms with Gasteiger partial charge in [0.25, 0.3) is 0 Å². The standard InChI is InChI=1S/C9H11N3O2S/c1-12-3-5-6(4-12)10-9(15-2)11-7(5)8(13)14/h3-4H2,1-2H3,(H,13,14). The van der Waals surface area contributed by atoms with E-state index >= 15 is 0 Å². The molecule has 0 bridgehead atoms.